The Morgan fingerprint density at radius 1 is 1.39 bits per heavy atom. The molecular weight excluding hydrogens is 292 g/mol. The van der Waals surface area contributed by atoms with E-state index >= 15 is 0 Å². The van der Waals surface area contributed by atoms with Gasteiger partial charge >= 0.3 is 0 Å². The number of para-hydroxylation sites is 1. The molecule has 1 amide bonds. The van der Waals surface area contributed by atoms with E-state index in [2.05, 4.69) is 23.5 Å². The van der Waals surface area contributed by atoms with E-state index in [1.165, 1.54) is 5.56 Å². The van der Waals surface area contributed by atoms with Crippen LogP contribution in [0.2, 0.25) is 0 Å². The zero-order chi connectivity index (χ0) is 16.1. The Bertz CT molecular complexity index is 666. The van der Waals surface area contributed by atoms with Gasteiger partial charge in [-0.1, -0.05) is 30.3 Å². The first-order valence-electron chi connectivity index (χ1n) is 8.20. The lowest BCUT2D eigenvalue weighted by Crippen LogP contribution is -2.30. The highest BCUT2D eigenvalue weighted by Crippen LogP contribution is 2.26. The van der Waals surface area contributed by atoms with E-state index in [0.29, 0.717) is 24.8 Å². The molecule has 0 bridgehead atoms. The monoisotopic (exact) mass is 314 g/mol. The van der Waals surface area contributed by atoms with Crippen molar-refractivity contribution in [3.63, 3.8) is 0 Å². The maximum absolute atomic E-state index is 12.2. The molecule has 5 heteroatoms. The van der Waals surface area contributed by atoms with Gasteiger partial charge in [-0.25, -0.2) is 0 Å². The molecule has 0 saturated heterocycles. The molecule has 1 atom stereocenters. The summed E-state index contributed by atoms with van der Waals surface area (Å²) in [6, 6.07) is 9.82. The Morgan fingerprint density at radius 3 is 3.13 bits per heavy atom. The number of benzene rings is 1. The van der Waals surface area contributed by atoms with Crippen LogP contribution in [0.25, 0.3) is 0 Å². The van der Waals surface area contributed by atoms with Crippen LogP contribution in [0.3, 0.4) is 0 Å². The Kier molecular flexibility index (Phi) is 4.95. The van der Waals surface area contributed by atoms with Crippen LogP contribution in [-0.2, 0) is 12.8 Å². The average molecular weight is 314 g/mol. The highest BCUT2D eigenvalue weighted by atomic mass is 16.5. The van der Waals surface area contributed by atoms with Gasteiger partial charge in [-0.2, -0.15) is 0 Å². The molecule has 2 aromatic rings. The van der Waals surface area contributed by atoms with Crippen molar-refractivity contribution in [1.82, 2.24) is 10.5 Å². The number of hydrogen-bond donors (Lipinski definition) is 1. The molecule has 0 aliphatic carbocycles. The topological polar surface area (TPSA) is 64.4 Å². The molecule has 3 rings (SSSR count). The summed E-state index contributed by atoms with van der Waals surface area (Å²) in [5, 5.41) is 6.81. The summed E-state index contributed by atoms with van der Waals surface area (Å²) in [4.78, 5) is 12.2. The summed E-state index contributed by atoms with van der Waals surface area (Å²) in [5.74, 6) is 1.91. The Hall–Kier alpha value is -2.30. The maximum Gasteiger partial charge on any atom is 0.273 e. The molecule has 0 unspecified atom stereocenters. The third kappa shape index (κ3) is 3.92. The van der Waals surface area contributed by atoms with E-state index in [-0.39, 0.29) is 5.91 Å². The van der Waals surface area contributed by atoms with Gasteiger partial charge in [0, 0.05) is 19.0 Å². The van der Waals surface area contributed by atoms with Crippen LogP contribution in [0.1, 0.15) is 41.6 Å². The quantitative estimate of drug-likeness (QED) is 0.921. The smallest absolute Gasteiger partial charge is 0.273 e. The fourth-order valence-corrected chi connectivity index (χ4v) is 2.85. The number of carbonyl (C=O) groups excluding carboxylic acids is 1. The molecule has 0 radical (unpaired) electrons. The van der Waals surface area contributed by atoms with E-state index in [1.807, 2.05) is 18.2 Å². The largest absolute Gasteiger partial charge is 0.493 e. The Balaban J connectivity index is 1.56. The summed E-state index contributed by atoms with van der Waals surface area (Å²) in [6.45, 7) is 3.36. The lowest BCUT2D eigenvalue weighted by atomic mass is 9.97. The van der Waals surface area contributed by atoms with Gasteiger partial charge in [0.1, 0.15) is 11.5 Å². The van der Waals surface area contributed by atoms with Gasteiger partial charge < -0.3 is 14.6 Å². The molecule has 1 aliphatic heterocycles. The minimum absolute atomic E-state index is 0.172. The standard InChI is InChI=1S/C18H22N2O3/c1-2-5-15-11-16(20-23-15)18(21)19-12-13-8-9-22-17-7-4-3-6-14(17)10-13/h3-4,6-7,11,13H,2,5,8-10,12H2,1H3,(H,19,21)/t13-/m0/s1. The first-order chi connectivity index (χ1) is 11.3. The molecule has 1 aromatic carbocycles. The molecular formula is C18H22N2O3. The predicted molar refractivity (Wildman–Crippen MR) is 86.6 cm³/mol. The van der Waals surface area contributed by atoms with E-state index in [0.717, 1.165) is 37.2 Å². The molecule has 5 nitrogen and oxygen atoms in total. The average Bonchev–Trinajstić information content (AvgIpc) is 2.92. The highest BCUT2D eigenvalue weighted by Gasteiger charge is 2.19. The first kappa shape index (κ1) is 15.6. The van der Waals surface area contributed by atoms with Crippen LogP contribution in [0, 0.1) is 5.92 Å². The van der Waals surface area contributed by atoms with Gasteiger partial charge in [0.15, 0.2) is 5.69 Å². The third-order valence-corrected chi connectivity index (χ3v) is 4.10. The molecule has 23 heavy (non-hydrogen) atoms. The Labute approximate surface area is 136 Å². The summed E-state index contributed by atoms with van der Waals surface area (Å²) >= 11 is 0. The number of rotatable bonds is 5. The molecule has 0 spiro atoms. The predicted octanol–water partition coefficient (Wildman–Crippen LogP) is 3.00. The third-order valence-electron chi connectivity index (χ3n) is 4.10. The van der Waals surface area contributed by atoms with Gasteiger partial charge in [-0.15, -0.1) is 0 Å². The van der Waals surface area contributed by atoms with Crippen LogP contribution in [0.15, 0.2) is 34.9 Å². The van der Waals surface area contributed by atoms with E-state index in [1.54, 1.807) is 6.07 Å². The van der Waals surface area contributed by atoms with Crippen molar-refractivity contribution >= 4 is 5.91 Å². The van der Waals surface area contributed by atoms with Gasteiger partial charge in [0.2, 0.25) is 0 Å². The van der Waals surface area contributed by atoms with E-state index in [9.17, 15) is 4.79 Å². The SMILES string of the molecule is CCCc1cc(C(=O)NC[C@H]2CCOc3ccccc3C2)no1. The summed E-state index contributed by atoms with van der Waals surface area (Å²) in [6.07, 6.45) is 3.61. The number of aryl methyl sites for hydroxylation is 1. The number of nitrogens with zero attached hydrogens (tertiary/aromatic N) is 1. The number of aromatic nitrogens is 1. The van der Waals surface area contributed by atoms with Crippen LogP contribution in [0.5, 0.6) is 5.75 Å². The van der Waals surface area contributed by atoms with Crippen molar-refractivity contribution in [2.24, 2.45) is 5.92 Å². The normalized spacial score (nSPS) is 17.0. The van der Waals surface area contributed by atoms with Crippen molar-refractivity contribution in [2.75, 3.05) is 13.2 Å². The first-order valence-corrected chi connectivity index (χ1v) is 8.20. The lowest BCUT2D eigenvalue weighted by Gasteiger charge is -2.13. The molecule has 1 aromatic heterocycles. The maximum atomic E-state index is 12.2. The fourth-order valence-electron chi connectivity index (χ4n) is 2.85. The lowest BCUT2D eigenvalue weighted by molar-refractivity contribution is 0.0936. The molecule has 122 valence electrons. The number of nitrogens with one attached hydrogen (secondary N) is 1. The van der Waals surface area contributed by atoms with Crippen molar-refractivity contribution in [1.29, 1.82) is 0 Å². The van der Waals surface area contributed by atoms with Gasteiger partial charge in [-0.05, 0) is 36.8 Å². The second kappa shape index (κ2) is 7.31. The number of fused-ring (bicyclic) bond motifs is 1. The zero-order valence-corrected chi connectivity index (χ0v) is 13.4. The van der Waals surface area contributed by atoms with Crippen LogP contribution in [0.4, 0.5) is 0 Å². The number of hydrogen-bond acceptors (Lipinski definition) is 4. The van der Waals surface area contributed by atoms with Gasteiger partial charge in [0.05, 0.1) is 6.61 Å². The Morgan fingerprint density at radius 2 is 2.26 bits per heavy atom. The van der Waals surface area contributed by atoms with Crippen LogP contribution < -0.4 is 10.1 Å². The number of amides is 1. The van der Waals surface area contributed by atoms with Crippen molar-refractivity contribution < 1.29 is 14.1 Å². The summed E-state index contributed by atoms with van der Waals surface area (Å²) < 4.78 is 10.9. The summed E-state index contributed by atoms with van der Waals surface area (Å²) in [7, 11) is 0. The fraction of sp³-hybridized carbons (Fsp3) is 0.444. The molecule has 1 N–H and O–H groups in total. The van der Waals surface area contributed by atoms with Gasteiger partial charge in [-0.3, -0.25) is 4.79 Å². The van der Waals surface area contributed by atoms with Crippen molar-refractivity contribution in [3.05, 3.63) is 47.3 Å². The van der Waals surface area contributed by atoms with Crippen molar-refractivity contribution in [2.45, 2.75) is 32.6 Å². The summed E-state index contributed by atoms with van der Waals surface area (Å²) in [5.41, 5.74) is 1.56. The number of ether oxygens (including phenoxy) is 1. The van der Waals surface area contributed by atoms with Crippen LogP contribution >= 0.6 is 0 Å². The molecule has 0 saturated carbocycles. The minimum Gasteiger partial charge on any atom is -0.493 e. The second-order valence-electron chi connectivity index (χ2n) is 5.95. The second-order valence-corrected chi connectivity index (χ2v) is 5.95. The van der Waals surface area contributed by atoms with Crippen LogP contribution in [-0.4, -0.2) is 24.2 Å². The van der Waals surface area contributed by atoms with E-state index < -0.39 is 0 Å². The zero-order valence-electron chi connectivity index (χ0n) is 13.4. The highest BCUT2D eigenvalue weighted by molar-refractivity contribution is 5.92. The molecule has 1 aliphatic rings. The number of carbonyl (C=O) groups is 1. The molecule has 2 heterocycles. The molecule has 0 fully saturated rings. The van der Waals surface area contributed by atoms with E-state index in [4.69, 9.17) is 9.26 Å². The van der Waals surface area contributed by atoms with Gasteiger partial charge in [0.25, 0.3) is 5.91 Å². The minimum atomic E-state index is -0.172. The van der Waals surface area contributed by atoms with Crippen molar-refractivity contribution in [3.8, 4) is 5.75 Å².